The zero-order chi connectivity index (χ0) is 10.1. The minimum Gasteiger partial charge on any atom is -0.363 e. The molecule has 2 saturated heterocycles. The van der Waals surface area contributed by atoms with Crippen molar-refractivity contribution in [2.45, 2.75) is 35.4 Å². The molecule has 2 aliphatic heterocycles. The maximum Gasteiger partial charge on any atom is 0.182 e. The first-order valence-electron chi connectivity index (χ1n) is 4.80. The molecule has 4 bridgehead atoms. The standard InChI is InChI=1S/C10H10INO2/c1-9-3-10(4-12)2-5(9)6(11)7(14-9)8(10)13/h5-7H,2-3H2,1H3/t5-,6-,7-,9-,10-/m0/s1. The molecule has 74 valence electrons. The van der Waals surface area contributed by atoms with Gasteiger partial charge in [-0.2, -0.15) is 5.26 Å². The van der Waals surface area contributed by atoms with Gasteiger partial charge in [0.2, 0.25) is 0 Å². The number of hydrogen-bond donors (Lipinski definition) is 0. The molecule has 2 saturated carbocycles. The van der Waals surface area contributed by atoms with Crippen molar-refractivity contribution in [3.63, 3.8) is 0 Å². The normalized spacial score (nSPS) is 59.2. The summed E-state index contributed by atoms with van der Waals surface area (Å²) in [5.74, 6) is 0.427. The Kier molecular flexibility index (Phi) is 1.51. The highest BCUT2D eigenvalue weighted by molar-refractivity contribution is 14.1. The number of carbonyl (C=O) groups is 1. The SMILES string of the molecule is C[C@]12C[C@]3(C#N)C[C@H]1[C@H](I)[C@H](O2)C3=O. The maximum absolute atomic E-state index is 12.0. The largest absolute Gasteiger partial charge is 0.363 e. The number of nitriles is 1. The number of halogens is 1. The Bertz CT molecular complexity index is 377. The van der Waals surface area contributed by atoms with E-state index in [0.29, 0.717) is 18.8 Å². The van der Waals surface area contributed by atoms with Crippen molar-refractivity contribution >= 4 is 28.4 Å². The summed E-state index contributed by atoms with van der Waals surface area (Å²) in [5, 5.41) is 9.15. The van der Waals surface area contributed by atoms with Gasteiger partial charge in [-0.3, -0.25) is 4.79 Å². The molecule has 0 spiro atoms. The van der Waals surface area contributed by atoms with E-state index >= 15 is 0 Å². The third kappa shape index (κ3) is 0.760. The van der Waals surface area contributed by atoms with E-state index in [1.54, 1.807) is 0 Å². The first-order chi connectivity index (χ1) is 6.52. The molecule has 4 aliphatic rings. The minimum absolute atomic E-state index is 0.0330. The summed E-state index contributed by atoms with van der Waals surface area (Å²) < 4.78 is 6.05. The van der Waals surface area contributed by atoms with Crippen molar-refractivity contribution in [3.8, 4) is 6.07 Å². The van der Waals surface area contributed by atoms with Crippen LogP contribution in [0.2, 0.25) is 0 Å². The number of Topliss-reactive ketones (excluding diaryl/α,β-unsaturated/α-hetero) is 1. The van der Waals surface area contributed by atoms with Crippen LogP contribution in [0.15, 0.2) is 0 Å². The van der Waals surface area contributed by atoms with Gasteiger partial charge in [0.05, 0.1) is 15.6 Å². The minimum atomic E-state index is -0.704. The van der Waals surface area contributed by atoms with Gasteiger partial charge in [-0.25, -0.2) is 0 Å². The number of ether oxygens (including phenoxy) is 1. The molecular weight excluding hydrogens is 293 g/mol. The molecule has 0 radical (unpaired) electrons. The van der Waals surface area contributed by atoms with E-state index in [-0.39, 0.29) is 21.4 Å². The van der Waals surface area contributed by atoms with E-state index in [2.05, 4.69) is 35.6 Å². The Morgan fingerprint density at radius 2 is 2.43 bits per heavy atom. The zero-order valence-electron chi connectivity index (χ0n) is 7.79. The molecule has 0 amide bonds. The molecule has 14 heavy (non-hydrogen) atoms. The number of nitrogens with zero attached hydrogens (tertiary/aromatic N) is 1. The molecule has 3 nitrogen and oxygen atoms in total. The second kappa shape index (κ2) is 2.33. The van der Waals surface area contributed by atoms with Crippen LogP contribution in [0.4, 0.5) is 0 Å². The highest BCUT2D eigenvalue weighted by atomic mass is 127. The molecule has 4 rings (SSSR count). The summed E-state index contributed by atoms with van der Waals surface area (Å²) in [5.41, 5.74) is -0.913. The van der Waals surface area contributed by atoms with Crippen LogP contribution in [0.1, 0.15) is 19.8 Å². The van der Waals surface area contributed by atoms with E-state index in [1.807, 2.05) is 0 Å². The average molecular weight is 303 g/mol. The fourth-order valence-corrected chi connectivity index (χ4v) is 4.82. The number of ketones is 1. The molecular formula is C10H10INO2. The van der Waals surface area contributed by atoms with Crippen LogP contribution >= 0.6 is 22.6 Å². The van der Waals surface area contributed by atoms with Gasteiger partial charge in [0.25, 0.3) is 0 Å². The Labute approximate surface area is 95.9 Å². The lowest BCUT2D eigenvalue weighted by Crippen LogP contribution is -2.47. The number of carbonyl (C=O) groups excluding carboxylic acids is 1. The van der Waals surface area contributed by atoms with Gasteiger partial charge in [-0.05, 0) is 13.3 Å². The topological polar surface area (TPSA) is 50.1 Å². The highest BCUT2D eigenvalue weighted by Gasteiger charge is 2.71. The van der Waals surface area contributed by atoms with Crippen LogP contribution in [-0.4, -0.2) is 21.4 Å². The van der Waals surface area contributed by atoms with Gasteiger partial charge in [-0.1, -0.05) is 22.6 Å². The third-order valence-electron chi connectivity index (χ3n) is 4.02. The van der Waals surface area contributed by atoms with Crippen molar-refractivity contribution in [3.05, 3.63) is 0 Å². The lowest BCUT2D eigenvalue weighted by atomic mass is 9.74. The summed E-state index contributed by atoms with van der Waals surface area (Å²) >= 11 is 2.31. The van der Waals surface area contributed by atoms with E-state index in [1.165, 1.54) is 0 Å². The average Bonchev–Trinajstić information content (AvgIpc) is 2.52. The second-order valence-electron chi connectivity index (χ2n) is 4.84. The summed E-state index contributed by atoms with van der Waals surface area (Å²) in [7, 11) is 0. The van der Waals surface area contributed by atoms with Crippen LogP contribution in [0.5, 0.6) is 0 Å². The molecule has 4 fully saturated rings. The van der Waals surface area contributed by atoms with Gasteiger partial charge >= 0.3 is 0 Å². The predicted octanol–water partition coefficient (Wildman–Crippen LogP) is 1.45. The molecule has 0 unspecified atom stereocenters. The molecule has 0 aromatic rings. The Balaban J connectivity index is 2.15. The zero-order valence-corrected chi connectivity index (χ0v) is 9.95. The molecule has 2 aliphatic carbocycles. The first kappa shape index (κ1) is 9.10. The van der Waals surface area contributed by atoms with Gasteiger partial charge in [0.1, 0.15) is 11.5 Å². The van der Waals surface area contributed by atoms with Crippen molar-refractivity contribution in [2.75, 3.05) is 0 Å². The maximum atomic E-state index is 12.0. The van der Waals surface area contributed by atoms with E-state index in [9.17, 15) is 4.79 Å². The lowest BCUT2D eigenvalue weighted by Gasteiger charge is -2.34. The Hall–Kier alpha value is -0.150. The smallest absolute Gasteiger partial charge is 0.182 e. The first-order valence-corrected chi connectivity index (χ1v) is 6.04. The summed E-state index contributed by atoms with van der Waals surface area (Å²) in [4.78, 5) is 12.0. The summed E-state index contributed by atoms with van der Waals surface area (Å²) in [6.45, 7) is 2.05. The van der Waals surface area contributed by atoms with Crippen LogP contribution in [0.25, 0.3) is 0 Å². The number of alkyl halides is 1. The summed E-state index contributed by atoms with van der Waals surface area (Å²) in [6.07, 6.45) is 1.01. The molecule has 2 heterocycles. The van der Waals surface area contributed by atoms with Crippen LogP contribution in [-0.2, 0) is 9.53 Å². The molecule has 0 aromatic heterocycles. The van der Waals surface area contributed by atoms with Crippen LogP contribution in [0, 0.1) is 22.7 Å². The quantitative estimate of drug-likeness (QED) is 0.503. The monoisotopic (exact) mass is 303 g/mol. The van der Waals surface area contributed by atoms with Crippen LogP contribution < -0.4 is 0 Å². The molecule has 0 N–H and O–H groups in total. The van der Waals surface area contributed by atoms with Crippen molar-refractivity contribution in [1.29, 1.82) is 5.26 Å². The van der Waals surface area contributed by atoms with Gasteiger partial charge in [0, 0.05) is 12.3 Å². The fraction of sp³-hybridized carbons (Fsp3) is 0.800. The Morgan fingerprint density at radius 1 is 1.71 bits per heavy atom. The third-order valence-corrected chi connectivity index (χ3v) is 5.54. The molecule has 5 atom stereocenters. The lowest BCUT2D eigenvalue weighted by molar-refractivity contribution is -0.151. The second-order valence-corrected chi connectivity index (χ2v) is 6.28. The Morgan fingerprint density at radius 3 is 3.00 bits per heavy atom. The fourth-order valence-electron chi connectivity index (χ4n) is 3.34. The number of rotatable bonds is 0. The molecule has 0 aromatic carbocycles. The highest BCUT2D eigenvalue weighted by Crippen LogP contribution is 2.63. The predicted molar refractivity (Wildman–Crippen MR) is 56.9 cm³/mol. The van der Waals surface area contributed by atoms with E-state index < -0.39 is 5.41 Å². The van der Waals surface area contributed by atoms with Crippen LogP contribution in [0.3, 0.4) is 0 Å². The van der Waals surface area contributed by atoms with Crippen molar-refractivity contribution in [1.82, 2.24) is 0 Å². The van der Waals surface area contributed by atoms with Gasteiger partial charge in [-0.15, -0.1) is 0 Å². The number of hydrogen-bond acceptors (Lipinski definition) is 3. The van der Waals surface area contributed by atoms with E-state index in [4.69, 9.17) is 10.00 Å². The molecule has 4 heteroatoms. The van der Waals surface area contributed by atoms with E-state index in [0.717, 1.165) is 0 Å². The van der Waals surface area contributed by atoms with Gasteiger partial charge < -0.3 is 4.74 Å². The van der Waals surface area contributed by atoms with Crippen molar-refractivity contribution in [2.24, 2.45) is 11.3 Å². The summed E-state index contributed by atoms with van der Waals surface area (Å²) in [6, 6.07) is 2.23. The van der Waals surface area contributed by atoms with Gasteiger partial charge in [0.15, 0.2) is 5.78 Å². The van der Waals surface area contributed by atoms with Crippen molar-refractivity contribution < 1.29 is 9.53 Å².